The summed E-state index contributed by atoms with van der Waals surface area (Å²) >= 11 is 15.7. The van der Waals surface area contributed by atoms with E-state index in [1.54, 1.807) is 18.2 Å². The first-order valence-electron chi connectivity index (χ1n) is 10.5. The molecule has 5 nitrogen and oxygen atoms in total. The Bertz CT molecular complexity index is 959. The highest BCUT2D eigenvalue weighted by molar-refractivity contribution is 9.10. The van der Waals surface area contributed by atoms with Gasteiger partial charge in [-0.05, 0) is 75.1 Å². The largest absolute Gasteiger partial charge is 0.484 e. The molecule has 0 radical (unpaired) electrons. The van der Waals surface area contributed by atoms with Gasteiger partial charge in [0.1, 0.15) is 11.8 Å². The van der Waals surface area contributed by atoms with Crippen LogP contribution in [0, 0.1) is 13.8 Å². The number of hydrogen-bond acceptors (Lipinski definition) is 3. The van der Waals surface area contributed by atoms with Crippen molar-refractivity contribution < 1.29 is 14.3 Å². The number of nitrogens with zero attached hydrogens (tertiary/aromatic N) is 1. The Morgan fingerprint density at radius 3 is 2.25 bits per heavy atom. The molecule has 0 heterocycles. The summed E-state index contributed by atoms with van der Waals surface area (Å²) in [4.78, 5) is 27.6. The molecular formula is C24H29BrCl2N2O3. The number of nitrogens with one attached hydrogen (secondary N) is 1. The number of carbonyl (C=O) groups is 2. The summed E-state index contributed by atoms with van der Waals surface area (Å²) in [5.74, 6) is 0.108. The molecule has 0 bridgehead atoms. The van der Waals surface area contributed by atoms with Gasteiger partial charge < -0.3 is 15.0 Å². The normalized spacial score (nSPS) is 11.9. The molecule has 0 saturated heterocycles. The van der Waals surface area contributed by atoms with Gasteiger partial charge in [-0.1, -0.05) is 52.1 Å². The molecule has 0 aliphatic heterocycles. The molecule has 2 amide bonds. The van der Waals surface area contributed by atoms with Gasteiger partial charge in [0.05, 0.1) is 10.0 Å². The predicted molar refractivity (Wildman–Crippen MR) is 133 cm³/mol. The van der Waals surface area contributed by atoms with Gasteiger partial charge in [0.2, 0.25) is 5.91 Å². The lowest BCUT2D eigenvalue weighted by Crippen LogP contribution is -2.51. The van der Waals surface area contributed by atoms with E-state index in [0.717, 1.165) is 21.2 Å². The van der Waals surface area contributed by atoms with E-state index in [1.165, 1.54) is 4.90 Å². The number of benzene rings is 2. The fraction of sp³-hybridized carbons (Fsp3) is 0.417. The van der Waals surface area contributed by atoms with Crippen LogP contribution in [0.1, 0.15) is 43.9 Å². The zero-order valence-corrected chi connectivity index (χ0v) is 22.1. The lowest BCUT2D eigenvalue weighted by atomic mass is 10.1. The molecule has 0 aliphatic carbocycles. The van der Waals surface area contributed by atoms with Crippen molar-refractivity contribution in [1.82, 2.24) is 10.2 Å². The fourth-order valence-electron chi connectivity index (χ4n) is 3.35. The zero-order chi connectivity index (χ0) is 24.0. The molecule has 1 atom stereocenters. The van der Waals surface area contributed by atoms with Crippen LogP contribution in [0.25, 0.3) is 0 Å². The van der Waals surface area contributed by atoms with E-state index in [0.29, 0.717) is 22.2 Å². The van der Waals surface area contributed by atoms with Gasteiger partial charge in [-0.25, -0.2) is 0 Å². The molecule has 0 fully saturated rings. The van der Waals surface area contributed by atoms with Crippen LogP contribution in [-0.2, 0) is 16.1 Å². The minimum absolute atomic E-state index is 0.0385. The highest BCUT2D eigenvalue weighted by atomic mass is 79.9. The van der Waals surface area contributed by atoms with Crippen LogP contribution in [0.4, 0.5) is 0 Å². The van der Waals surface area contributed by atoms with Crippen molar-refractivity contribution >= 4 is 50.9 Å². The molecule has 2 aromatic carbocycles. The summed E-state index contributed by atoms with van der Waals surface area (Å²) in [5.41, 5.74) is 2.81. The van der Waals surface area contributed by atoms with E-state index < -0.39 is 6.04 Å². The maximum Gasteiger partial charge on any atom is 0.261 e. The van der Waals surface area contributed by atoms with Crippen molar-refractivity contribution in [1.29, 1.82) is 0 Å². The third kappa shape index (κ3) is 7.12. The summed E-state index contributed by atoms with van der Waals surface area (Å²) in [5, 5.41) is 3.73. The predicted octanol–water partition coefficient (Wildman–Crippen LogP) is 6.08. The first kappa shape index (κ1) is 26.5. The van der Waals surface area contributed by atoms with E-state index in [-0.39, 0.29) is 31.0 Å². The zero-order valence-electron chi connectivity index (χ0n) is 19.0. The third-order valence-corrected chi connectivity index (χ3v) is 6.92. The Balaban J connectivity index is 2.27. The number of hydrogen-bond donors (Lipinski definition) is 1. The minimum Gasteiger partial charge on any atom is -0.484 e. The smallest absolute Gasteiger partial charge is 0.261 e. The molecule has 2 rings (SSSR count). The average Bonchev–Trinajstić information content (AvgIpc) is 2.72. The van der Waals surface area contributed by atoms with E-state index >= 15 is 0 Å². The maximum atomic E-state index is 13.3. The van der Waals surface area contributed by atoms with Crippen molar-refractivity contribution in [3.05, 3.63) is 61.5 Å². The highest BCUT2D eigenvalue weighted by Gasteiger charge is 2.29. The third-order valence-electron chi connectivity index (χ3n) is 4.93. The second-order valence-corrected chi connectivity index (χ2v) is 9.62. The SMILES string of the molecule is CC[C@@H](C(=O)NC(C)C)N(Cc1ccc(Cl)c(Cl)c1)C(=O)COc1cc(C)c(Br)c(C)c1. The van der Waals surface area contributed by atoms with Crippen molar-refractivity contribution in [3.8, 4) is 5.75 Å². The fourth-order valence-corrected chi connectivity index (χ4v) is 3.90. The first-order valence-corrected chi connectivity index (χ1v) is 12.0. The Labute approximate surface area is 208 Å². The Morgan fingerprint density at radius 1 is 1.09 bits per heavy atom. The van der Waals surface area contributed by atoms with Crippen LogP contribution in [0.3, 0.4) is 0 Å². The summed E-state index contributed by atoms with van der Waals surface area (Å²) in [7, 11) is 0. The van der Waals surface area contributed by atoms with Gasteiger partial charge in [0.25, 0.3) is 5.91 Å². The molecule has 174 valence electrons. The molecule has 0 aromatic heterocycles. The van der Waals surface area contributed by atoms with E-state index in [2.05, 4.69) is 21.2 Å². The van der Waals surface area contributed by atoms with Gasteiger partial charge in [0.15, 0.2) is 6.61 Å². The molecule has 0 spiro atoms. The van der Waals surface area contributed by atoms with Gasteiger partial charge in [-0.2, -0.15) is 0 Å². The maximum absolute atomic E-state index is 13.3. The van der Waals surface area contributed by atoms with Crippen LogP contribution in [0.15, 0.2) is 34.8 Å². The van der Waals surface area contributed by atoms with Crippen LogP contribution in [0.2, 0.25) is 10.0 Å². The summed E-state index contributed by atoms with van der Waals surface area (Å²) < 4.78 is 6.82. The molecule has 1 N–H and O–H groups in total. The van der Waals surface area contributed by atoms with Crippen LogP contribution in [-0.4, -0.2) is 35.4 Å². The lowest BCUT2D eigenvalue weighted by Gasteiger charge is -2.31. The molecule has 8 heteroatoms. The number of aryl methyl sites for hydroxylation is 2. The van der Waals surface area contributed by atoms with E-state index in [1.807, 2.05) is 46.8 Å². The van der Waals surface area contributed by atoms with Gasteiger partial charge in [0, 0.05) is 17.1 Å². The number of ether oxygens (including phenoxy) is 1. The number of amides is 2. The molecule has 0 aliphatic rings. The molecule has 2 aromatic rings. The first-order chi connectivity index (χ1) is 15.0. The average molecular weight is 544 g/mol. The van der Waals surface area contributed by atoms with Gasteiger partial charge in [-0.15, -0.1) is 0 Å². The lowest BCUT2D eigenvalue weighted by molar-refractivity contribution is -0.143. The van der Waals surface area contributed by atoms with E-state index in [4.69, 9.17) is 27.9 Å². The second-order valence-electron chi connectivity index (χ2n) is 8.02. The van der Waals surface area contributed by atoms with Gasteiger partial charge in [-0.3, -0.25) is 9.59 Å². The highest BCUT2D eigenvalue weighted by Crippen LogP contribution is 2.27. The Kier molecular flexibility index (Phi) is 9.86. The van der Waals surface area contributed by atoms with Crippen LogP contribution in [0.5, 0.6) is 5.75 Å². The van der Waals surface area contributed by atoms with Crippen molar-refractivity contribution in [2.24, 2.45) is 0 Å². The standard InChI is InChI=1S/C24H29BrCl2N2O3/c1-6-21(24(31)28-14(2)3)29(12-17-7-8-19(26)20(27)11-17)22(30)13-32-18-9-15(4)23(25)16(5)10-18/h7-11,14,21H,6,12-13H2,1-5H3,(H,28,31)/t21-/m0/s1. The molecular weight excluding hydrogens is 515 g/mol. The monoisotopic (exact) mass is 542 g/mol. The second kappa shape index (κ2) is 11.9. The number of halogens is 3. The number of rotatable bonds is 9. The summed E-state index contributed by atoms with van der Waals surface area (Å²) in [6.45, 7) is 9.60. The Hall–Kier alpha value is -1.76. The van der Waals surface area contributed by atoms with Crippen molar-refractivity contribution in [2.75, 3.05) is 6.61 Å². The minimum atomic E-state index is -0.642. The van der Waals surface area contributed by atoms with Gasteiger partial charge >= 0.3 is 0 Å². The van der Waals surface area contributed by atoms with Crippen molar-refractivity contribution in [3.63, 3.8) is 0 Å². The quantitative estimate of drug-likeness (QED) is 0.416. The van der Waals surface area contributed by atoms with E-state index in [9.17, 15) is 9.59 Å². The van der Waals surface area contributed by atoms with Crippen LogP contribution < -0.4 is 10.1 Å². The molecule has 32 heavy (non-hydrogen) atoms. The van der Waals surface area contributed by atoms with Crippen LogP contribution >= 0.6 is 39.1 Å². The van der Waals surface area contributed by atoms with Crippen molar-refractivity contribution in [2.45, 2.75) is 59.7 Å². The number of carbonyl (C=O) groups excluding carboxylic acids is 2. The Morgan fingerprint density at radius 2 is 1.72 bits per heavy atom. The molecule has 0 unspecified atom stereocenters. The topological polar surface area (TPSA) is 58.6 Å². The molecule has 0 saturated carbocycles. The summed E-state index contributed by atoms with van der Waals surface area (Å²) in [6.07, 6.45) is 0.460. The summed E-state index contributed by atoms with van der Waals surface area (Å²) in [6, 6.07) is 8.25.